The molecule has 3 aromatic rings. The van der Waals surface area contributed by atoms with Gasteiger partial charge in [-0.3, -0.25) is 0 Å². The van der Waals surface area contributed by atoms with E-state index < -0.39 is 5.82 Å². The molecule has 0 aliphatic carbocycles. The van der Waals surface area contributed by atoms with Crippen LogP contribution in [0.2, 0.25) is 0 Å². The van der Waals surface area contributed by atoms with E-state index in [2.05, 4.69) is 6.07 Å². The smallest absolute Gasteiger partial charge is 0.128 e. The average Bonchev–Trinajstić information content (AvgIpc) is 2.76. The molecule has 0 N–H and O–H groups in total. The third kappa shape index (κ3) is 2.24. The van der Waals surface area contributed by atoms with Crippen LogP contribution < -0.4 is 0 Å². The van der Waals surface area contributed by atoms with Crippen LogP contribution in [0.5, 0.6) is 0 Å². The number of hydrogen-bond acceptors (Lipinski definition) is 0. The molecule has 0 saturated carbocycles. The van der Waals surface area contributed by atoms with Crippen molar-refractivity contribution in [1.29, 1.82) is 0 Å². The number of rotatable bonds is 2. The molecule has 0 spiro atoms. The topological polar surface area (TPSA) is 4.93 Å². The Morgan fingerprint density at radius 2 is 1.84 bits per heavy atom. The van der Waals surface area contributed by atoms with Gasteiger partial charge in [0, 0.05) is 17.3 Å². The number of fused-ring (bicyclic) bond motifs is 1. The fraction of sp³-hybridized carbons (Fsp3) is 0.125. The summed E-state index contributed by atoms with van der Waals surface area (Å²) in [5, 5.41) is 1.11. The van der Waals surface area contributed by atoms with Gasteiger partial charge in [-0.2, -0.15) is 0 Å². The van der Waals surface area contributed by atoms with Gasteiger partial charge in [0.1, 0.15) is 11.6 Å². The van der Waals surface area contributed by atoms with Gasteiger partial charge in [-0.05, 0) is 48.7 Å². The molecule has 19 heavy (non-hydrogen) atoms. The molecule has 0 amide bonds. The normalized spacial score (nSPS) is 11.1. The van der Waals surface area contributed by atoms with Crippen molar-refractivity contribution in [2.24, 2.45) is 0 Å². The molecule has 0 bridgehead atoms. The van der Waals surface area contributed by atoms with Crippen LogP contribution in [0, 0.1) is 18.6 Å². The third-order valence-electron chi connectivity index (χ3n) is 3.27. The van der Waals surface area contributed by atoms with E-state index in [4.69, 9.17) is 0 Å². The Labute approximate surface area is 110 Å². The highest BCUT2D eigenvalue weighted by Crippen LogP contribution is 2.20. The summed E-state index contributed by atoms with van der Waals surface area (Å²) in [7, 11) is 0. The second-order valence-electron chi connectivity index (χ2n) is 4.74. The minimum absolute atomic E-state index is 0.330. The predicted molar refractivity (Wildman–Crippen MR) is 72.1 cm³/mol. The largest absolute Gasteiger partial charge is 0.343 e. The van der Waals surface area contributed by atoms with Crippen molar-refractivity contribution < 1.29 is 8.78 Å². The van der Waals surface area contributed by atoms with Crippen molar-refractivity contribution in [2.75, 3.05) is 0 Å². The summed E-state index contributed by atoms with van der Waals surface area (Å²) in [6.07, 6.45) is 1.90. The van der Waals surface area contributed by atoms with Crippen molar-refractivity contribution in [3.05, 3.63) is 71.4 Å². The van der Waals surface area contributed by atoms with Crippen LogP contribution in [-0.2, 0) is 6.54 Å². The first kappa shape index (κ1) is 11.9. The Morgan fingerprint density at radius 1 is 1.00 bits per heavy atom. The molecule has 0 saturated heterocycles. The summed E-state index contributed by atoms with van der Waals surface area (Å²) in [5.74, 6) is -0.793. The van der Waals surface area contributed by atoms with Crippen molar-refractivity contribution in [1.82, 2.24) is 4.57 Å². The summed E-state index contributed by atoms with van der Waals surface area (Å²) in [6.45, 7) is 2.36. The second kappa shape index (κ2) is 4.50. The highest BCUT2D eigenvalue weighted by atomic mass is 19.1. The minimum Gasteiger partial charge on any atom is -0.343 e. The second-order valence-corrected chi connectivity index (χ2v) is 4.74. The highest BCUT2D eigenvalue weighted by Gasteiger charge is 2.07. The SMILES string of the molecule is Cc1ccc2c(ccn2Cc2cc(F)ccc2F)c1. The molecule has 96 valence electrons. The predicted octanol–water partition coefficient (Wildman–Crippen LogP) is 4.28. The Hall–Kier alpha value is -2.16. The van der Waals surface area contributed by atoms with E-state index in [1.54, 1.807) is 0 Å². The zero-order valence-electron chi connectivity index (χ0n) is 10.5. The van der Waals surface area contributed by atoms with E-state index in [9.17, 15) is 8.78 Å². The average molecular weight is 257 g/mol. The van der Waals surface area contributed by atoms with Crippen LogP contribution in [-0.4, -0.2) is 4.57 Å². The van der Waals surface area contributed by atoms with E-state index in [-0.39, 0.29) is 5.82 Å². The lowest BCUT2D eigenvalue weighted by Gasteiger charge is -2.07. The van der Waals surface area contributed by atoms with Crippen molar-refractivity contribution in [3.8, 4) is 0 Å². The van der Waals surface area contributed by atoms with Gasteiger partial charge in [-0.15, -0.1) is 0 Å². The molecule has 1 heterocycles. The monoisotopic (exact) mass is 257 g/mol. The Balaban J connectivity index is 2.03. The molecule has 0 fully saturated rings. The van der Waals surface area contributed by atoms with E-state index in [0.717, 1.165) is 17.0 Å². The quantitative estimate of drug-likeness (QED) is 0.646. The maximum Gasteiger partial charge on any atom is 0.128 e. The van der Waals surface area contributed by atoms with Gasteiger partial charge in [-0.1, -0.05) is 11.6 Å². The summed E-state index contributed by atoms with van der Waals surface area (Å²) in [5.41, 5.74) is 2.56. The summed E-state index contributed by atoms with van der Waals surface area (Å²) >= 11 is 0. The highest BCUT2D eigenvalue weighted by molar-refractivity contribution is 5.80. The molecule has 0 radical (unpaired) electrons. The lowest BCUT2D eigenvalue weighted by atomic mass is 10.2. The fourth-order valence-electron chi connectivity index (χ4n) is 2.31. The lowest BCUT2D eigenvalue weighted by Crippen LogP contribution is -2.01. The molecule has 0 atom stereocenters. The van der Waals surface area contributed by atoms with Gasteiger partial charge in [-0.25, -0.2) is 8.78 Å². The molecule has 0 aliphatic heterocycles. The van der Waals surface area contributed by atoms with Crippen LogP contribution in [0.3, 0.4) is 0 Å². The molecule has 1 aromatic heterocycles. The summed E-state index contributed by atoms with van der Waals surface area (Å²) in [4.78, 5) is 0. The van der Waals surface area contributed by atoms with Gasteiger partial charge in [0.25, 0.3) is 0 Å². The molecule has 0 unspecified atom stereocenters. The third-order valence-corrected chi connectivity index (χ3v) is 3.27. The van der Waals surface area contributed by atoms with E-state index in [1.165, 1.54) is 17.7 Å². The van der Waals surface area contributed by atoms with Crippen molar-refractivity contribution in [2.45, 2.75) is 13.5 Å². The van der Waals surface area contributed by atoms with Crippen LogP contribution >= 0.6 is 0 Å². The van der Waals surface area contributed by atoms with Gasteiger partial charge in [0.15, 0.2) is 0 Å². The van der Waals surface area contributed by atoms with Gasteiger partial charge in [0.2, 0.25) is 0 Å². The zero-order chi connectivity index (χ0) is 13.4. The molecular formula is C16H13F2N. The number of benzene rings is 2. The summed E-state index contributed by atoms with van der Waals surface area (Å²) in [6, 6.07) is 11.6. The first-order chi connectivity index (χ1) is 9.13. The van der Waals surface area contributed by atoms with Gasteiger partial charge >= 0.3 is 0 Å². The maximum absolute atomic E-state index is 13.6. The van der Waals surface area contributed by atoms with Gasteiger partial charge < -0.3 is 4.57 Å². The molecule has 1 nitrogen and oxygen atoms in total. The zero-order valence-corrected chi connectivity index (χ0v) is 10.5. The van der Waals surface area contributed by atoms with Gasteiger partial charge in [0.05, 0.1) is 6.54 Å². The standard InChI is InChI=1S/C16H13F2N/c1-11-2-5-16-12(8-11)6-7-19(16)10-13-9-14(17)3-4-15(13)18/h2-9H,10H2,1H3. The van der Waals surface area contributed by atoms with Crippen molar-refractivity contribution >= 4 is 10.9 Å². The first-order valence-corrected chi connectivity index (χ1v) is 6.13. The number of aromatic nitrogens is 1. The first-order valence-electron chi connectivity index (χ1n) is 6.13. The Bertz CT molecular complexity index is 744. The fourth-order valence-corrected chi connectivity index (χ4v) is 2.31. The van der Waals surface area contributed by atoms with Crippen LogP contribution in [0.15, 0.2) is 48.7 Å². The van der Waals surface area contributed by atoms with E-state index in [0.29, 0.717) is 12.1 Å². The number of nitrogens with zero attached hydrogens (tertiary/aromatic N) is 1. The minimum atomic E-state index is -0.413. The number of halogens is 2. The Kier molecular flexibility index (Phi) is 2.82. The lowest BCUT2D eigenvalue weighted by molar-refractivity contribution is 0.579. The molecule has 0 aliphatic rings. The maximum atomic E-state index is 13.6. The molecular weight excluding hydrogens is 244 g/mol. The molecule has 3 heteroatoms. The number of aryl methyl sites for hydroxylation is 1. The van der Waals surface area contributed by atoms with Crippen LogP contribution in [0.4, 0.5) is 8.78 Å². The van der Waals surface area contributed by atoms with E-state index in [1.807, 2.05) is 35.9 Å². The number of hydrogen-bond donors (Lipinski definition) is 0. The van der Waals surface area contributed by atoms with Crippen molar-refractivity contribution in [3.63, 3.8) is 0 Å². The molecule has 3 rings (SSSR count). The van der Waals surface area contributed by atoms with Crippen LogP contribution in [0.25, 0.3) is 10.9 Å². The Morgan fingerprint density at radius 3 is 2.68 bits per heavy atom. The van der Waals surface area contributed by atoms with E-state index >= 15 is 0 Å². The van der Waals surface area contributed by atoms with Crippen LogP contribution in [0.1, 0.15) is 11.1 Å². The summed E-state index contributed by atoms with van der Waals surface area (Å²) < 4.78 is 28.7. The molecule has 2 aromatic carbocycles.